The summed E-state index contributed by atoms with van der Waals surface area (Å²) >= 11 is 6.53. The number of esters is 2. The largest absolute Gasteiger partial charge is 0.462 e. The zero-order valence-electron chi connectivity index (χ0n) is 21.1. The smallest absolute Gasteiger partial charge is 0.339 e. The summed E-state index contributed by atoms with van der Waals surface area (Å²) in [5.74, 6) is -0.325. The van der Waals surface area contributed by atoms with Gasteiger partial charge in [0, 0.05) is 44.0 Å². The van der Waals surface area contributed by atoms with Crippen molar-refractivity contribution in [2.75, 3.05) is 36.5 Å². The summed E-state index contributed by atoms with van der Waals surface area (Å²) in [5.41, 5.74) is 0.380. The molecule has 36 heavy (non-hydrogen) atoms. The van der Waals surface area contributed by atoms with Crippen LogP contribution >= 0.6 is 11.6 Å². The van der Waals surface area contributed by atoms with E-state index >= 15 is 0 Å². The van der Waals surface area contributed by atoms with E-state index in [9.17, 15) is 14.4 Å². The van der Waals surface area contributed by atoms with Crippen molar-refractivity contribution >= 4 is 41.1 Å². The fourth-order valence-corrected chi connectivity index (χ4v) is 4.21. The van der Waals surface area contributed by atoms with Crippen molar-refractivity contribution in [2.45, 2.75) is 52.2 Å². The van der Waals surface area contributed by atoms with Gasteiger partial charge in [-0.25, -0.2) is 14.6 Å². The Morgan fingerprint density at radius 3 is 2.53 bits per heavy atom. The molecule has 0 spiro atoms. The first kappa shape index (κ1) is 27.3. The van der Waals surface area contributed by atoms with E-state index in [-0.39, 0.29) is 36.6 Å². The lowest BCUT2D eigenvalue weighted by atomic mass is 10.1. The predicted octanol–water partition coefficient (Wildman–Crippen LogP) is 4.76. The van der Waals surface area contributed by atoms with Gasteiger partial charge in [-0.15, -0.1) is 0 Å². The number of benzene rings is 1. The first-order valence-corrected chi connectivity index (χ1v) is 12.4. The van der Waals surface area contributed by atoms with Gasteiger partial charge in [-0.3, -0.25) is 4.79 Å². The number of nitrogens with one attached hydrogen (secondary N) is 1. The molecule has 0 saturated carbocycles. The maximum atomic E-state index is 12.9. The number of halogens is 1. The molecule has 1 aromatic carbocycles. The number of nitrogens with zero attached hydrogens (tertiary/aromatic N) is 3. The minimum Gasteiger partial charge on any atom is -0.462 e. The lowest BCUT2D eigenvalue weighted by molar-refractivity contribution is -0.155. The molecule has 1 fully saturated rings. The molecule has 10 heteroatoms. The number of ether oxygens (including phenoxy) is 2. The average molecular weight is 517 g/mol. The molecular weight excluding hydrogens is 484 g/mol. The molecule has 1 aliphatic rings. The third-order valence-corrected chi connectivity index (χ3v) is 5.78. The summed E-state index contributed by atoms with van der Waals surface area (Å²) in [6.07, 6.45) is 2.03. The topological polar surface area (TPSA) is 101 Å². The number of piperazine rings is 1. The molecular formula is C26H33ClN4O5. The van der Waals surface area contributed by atoms with Crippen LogP contribution in [0.2, 0.25) is 5.02 Å². The number of rotatable bonds is 7. The highest BCUT2D eigenvalue weighted by Crippen LogP contribution is 2.30. The third-order valence-electron chi connectivity index (χ3n) is 5.50. The van der Waals surface area contributed by atoms with Crippen LogP contribution in [0.3, 0.4) is 0 Å². The van der Waals surface area contributed by atoms with Gasteiger partial charge in [-0.1, -0.05) is 29.8 Å². The SMILES string of the molecule is CCOC(=O)c1cnc(N2CCN(C(=O)Nc3ccccc3)CC2CCC(=O)OC(C)(C)C)c(Cl)c1. The Bertz CT molecular complexity index is 1070. The molecule has 2 aromatic rings. The van der Waals surface area contributed by atoms with Gasteiger partial charge in [0.15, 0.2) is 0 Å². The van der Waals surface area contributed by atoms with Crippen LogP contribution in [0.15, 0.2) is 42.6 Å². The molecule has 3 rings (SSSR count). The minimum absolute atomic E-state index is 0.172. The molecule has 194 valence electrons. The summed E-state index contributed by atoms with van der Waals surface area (Å²) in [6, 6.07) is 10.3. The predicted molar refractivity (Wildman–Crippen MR) is 138 cm³/mol. The fraction of sp³-hybridized carbons (Fsp3) is 0.462. The number of pyridine rings is 1. The Hall–Kier alpha value is -3.33. The Balaban J connectivity index is 1.78. The van der Waals surface area contributed by atoms with E-state index in [4.69, 9.17) is 21.1 Å². The van der Waals surface area contributed by atoms with Gasteiger partial charge < -0.3 is 24.6 Å². The van der Waals surface area contributed by atoms with Crippen molar-refractivity contribution in [2.24, 2.45) is 0 Å². The van der Waals surface area contributed by atoms with E-state index in [0.717, 1.165) is 0 Å². The lowest BCUT2D eigenvalue weighted by Gasteiger charge is -2.42. The summed E-state index contributed by atoms with van der Waals surface area (Å²) in [7, 11) is 0. The quantitative estimate of drug-likeness (QED) is 0.529. The summed E-state index contributed by atoms with van der Waals surface area (Å²) in [4.78, 5) is 45.6. The standard InChI is InChI=1S/C26H33ClN4O5/c1-5-35-24(33)18-15-21(27)23(28-16-18)31-14-13-30(25(34)29-19-9-7-6-8-10-19)17-20(31)11-12-22(32)36-26(2,3)4/h6-10,15-16,20H,5,11-14,17H2,1-4H3,(H,29,34). The van der Waals surface area contributed by atoms with Crippen LogP contribution in [0.5, 0.6) is 0 Å². The molecule has 1 saturated heterocycles. The monoisotopic (exact) mass is 516 g/mol. The maximum Gasteiger partial charge on any atom is 0.339 e. The molecule has 2 amide bonds. The molecule has 1 aromatic heterocycles. The van der Waals surface area contributed by atoms with Gasteiger partial charge in [0.1, 0.15) is 11.4 Å². The summed E-state index contributed by atoms with van der Waals surface area (Å²) < 4.78 is 10.5. The van der Waals surface area contributed by atoms with Crippen LogP contribution in [0.25, 0.3) is 0 Å². The first-order chi connectivity index (χ1) is 17.1. The van der Waals surface area contributed by atoms with E-state index < -0.39 is 11.6 Å². The van der Waals surface area contributed by atoms with Crippen LogP contribution in [-0.2, 0) is 14.3 Å². The van der Waals surface area contributed by atoms with Gasteiger partial charge in [0.05, 0.1) is 17.2 Å². The molecule has 0 bridgehead atoms. The van der Waals surface area contributed by atoms with Crippen LogP contribution in [0.1, 0.15) is 50.9 Å². The van der Waals surface area contributed by atoms with E-state index in [2.05, 4.69) is 10.3 Å². The molecule has 9 nitrogen and oxygen atoms in total. The number of aromatic nitrogens is 1. The molecule has 0 aliphatic carbocycles. The lowest BCUT2D eigenvalue weighted by Crippen LogP contribution is -2.56. The fourth-order valence-electron chi connectivity index (χ4n) is 3.93. The molecule has 2 heterocycles. The number of urea groups is 1. The average Bonchev–Trinajstić information content (AvgIpc) is 2.82. The summed E-state index contributed by atoms with van der Waals surface area (Å²) in [6.45, 7) is 8.68. The number of hydrogen-bond acceptors (Lipinski definition) is 7. The normalized spacial score (nSPS) is 15.9. The van der Waals surface area contributed by atoms with Crippen molar-refractivity contribution in [3.63, 3.8) is 0 Å². The molecule has 0 radical (unpaired) electrons. The van der Waals surface area contributed by atoms with Gasteiger partial charge in [-0.05, 0) is 52.3 Å². The zero-order chi connectivity index (χ0) is 26.3. The second-order valence-corrected chi connectivity index (χ2v) is 9.87. The van der Waals surface area contributed by atoms with Crippen molar-refractivity contribution in [3.05, 3.63) is 53.2 Å². The maximum absolute atomic E-state index is 12.9. The number of carbonyl (C=O) groups is 3. The van der Waals surface area contributed by atoms with Crippen molar-refractivity contribution < 1.29 is 23.9 Å². The Labute approximate surface area is 216 Å². The Kier molecular flexibility index (Phi) is 9.14. The number of hydrogen-bond donors (Lipinski definition) is 1. The Morgan fingerprint density at radius 1 is 1.17 bits per heavy atom. The number of carbonyl (C=O) groups excluding carboxylic acids is 3. The molecule has 1 unspecified atom stereocenters. The van der Waals surface area contributed by atoms with E-state index in [0.29, 0.717) is 42.6 Å². The second-order valence-electron chi connectivity index (χ2n) is 9.46. The number of amides is 2. The van der Waals surface area contributed by atoms with Crippen molar-refractivity contribution in [1.29, 1.82) is 0 Å². The van der Waals surface area contributed by atoms with E-state index in [1.807, 2.05) is 56.0 Å². The highest BCUT2D eigenvalue weighted by Gasteiger charge is 2.32. The van der Waals surface area contributed by atoms with E-state index in [1.165, 1.54) is 12.3 Å². The minimum atomic E-state index is -0.585. The van der Waals surface area contributed by atoms with E-state index in [1.54, 1.807) is 11.8 Å². The number of anilines is 2. The molecule has 1 atom stereocenters. The van der Waals surface area contributed by atoms with Crippen LogP contribution in [0, 0.1) is 0 Å². The zero-order valence-corrected chi connectivity index (χ0v) is 21.9. The first-order valence-electron chi connectivity index (χ1n) is 12.0. The van der Waals surface area contributed by atoms with Gasteiger partial charge in [-0.2, -0.15) is 0 Å². The number of para-hydroxylation sites is 1. The van der Waals surface area contributed by atoms with Gasteiger partial charge in [0.25, 0.3) is 0 Å². The van der Waals surface area contributed by atoms with Crippen molar-refractivity contribution in [3.8, 4) is 0 Å². The van der Waals surface area contributed by atoms with Gasteiger partial charge in [0.2, 0.25) is 0 Å². The highest BCUT2D eigenvalue weighted by molar-refractivity contribution is 6.33. The van der Waals surface area contributed by atoms with Crippen molar-refractivity contribution in [1.82, 2.24) is 9.88 Å². The highest BCUT2D eigenvalue weighted by atomic mass is 35.5. The molecule has 1 N–H and O–H groups in total. The van der Waals surface area contributed by atoms with Crippen LogP contribution < -0.4 is 10.2 Å². The third kappa shape index (κ3) is 7.58. The van der Waals surface area contributed by atoms with Crippen LogP contribution in [-0.4, -0.2) is 65.7 Å². The molecule has 1 aliphatic heterocycles. The van der Waals surface area contributed by atoms with Crippen LogP contribution in [0.4, 0.5) is 16.3 Å². The second kappa shape index (κ2) is 12.1. The van der Waals surface area contributed by atoms with Gasteiger partial charge >= 0.3 is 18.0 Å². The summed E-state index contributed by atoms with van der Waals surface area (Å²) in [5, 5.41) is 3.21. The Morgan fingerprint density at radius 2 is 1.89 bits per heavy atom.